The van der Waals surface area contributed by atoms with Crippen molar-refractivity contribution in [2.75, 3.05) is 25.7 Å². The number of carbonyl (C=O) groups excluding carboxylic acids is 2. The van der Waals surface area contributed by atoms with Gasteiger partial charge in [0.1, 0.15) is 16.5 Å². The van der Waals surface area contributed by atoms with E-state index in [1.807, 2.05) is 42.5 Å². The molecule has 0 unspecified atom stereocenters. The summed E-state index contributed by atoms with van der Waals surface area (Å²) in [5, 5.41) is 3.63. The summed E-state index contributed by atoms with van der Waals surface area (Å²) in [5.74, 6) is 1.20. The van der Waals surface area contributed by atoms with Crippen molar-refractivity contribution >= 4 is 29.3 Å². The number of anilines is 1. The molecule has 0 saturated carbocycles. The van der Waals surface area contributed by atoms with Crippen LogP contribution in [0.2, 0.25) is 0 Å². The van der Waals surface area contributed by atoms with Crippen molar-refractivity contribution in [1.82, 2.24) is 10.3 Å². The van der Waals surface area contributed by atoms with Crippen LogP contribution in [0.25, 0.3) is 0 Å². The highest BCUT2D eigenvalue weighted by Gasteiger charge is 2.27. The van der Waals surface area contributed by atoms with Crippen LogP contribution in [0.5, 0.6) is 11.5 Å². The molecule has 170 valence electrons. The molecule has 0 radical (unpaired) electrons. The number of amides is 2. The number of nitrogens with one attached hydrogen (secondary N) is 1. The smallest absolute Gasteiger partial charge is 0.261 e. The van der Waals surface area contributed by atoms with Crippen LogP contribution in [-0.2, 0) is 11.3 Å². The minimum absolute atomic E-state index is 0.0909. The minimum Gasteiger partial charge on any atom is -0.497 e. The Morgan fingerprint density at radius 1 is 1.09 bits per heavy atom. The predicted octanol–water partition coefficient (Wildman–Crippen LogP) is 4.31. The molecule has 2 amide bonds. The summed E-state index contributed by atoms with van der Waals surface area (Å²) in [6.45, 7) is 0.765. The zero-order chi connectivity index (χ0) is 23.2. The van der Waals surface area contributed by atoms with Crippen molar-refractivity contribution in [3.05, 3.63) is 71.9 Å². The second kappa shape index (κ2) is 10.4. The normalized spacial score (nSPS) is 12.4. The van der Waals surface area contributed by atoms with Crippen LogP contribution in [0.15, 0.2) is 70.7 Å². The number of aromatic nitrogens is 1. The van der Waals surface area contributed by atoms with Gasteiger partial charge in [0.15, 0.2) is 0 Å². The van der Waals surface area contributed by atoms with Gasteiger partial charge in [-0.15, -0.1) is 0 Å². The molecular formula is C25H25N3O4S. The molecule has 3 aromatic rings. The number of hydrogen-bond acceptors (Lipinski definition) is 6. The molecule has 1 N–H and O–H groups in total. The lowest BCUT2D eigenvalue weighted by atomic mass is 10.1. The van der Waals surface area contributed by atoms with Gasteiger partial charge in [-0.2, -0.15) is 0 Å². The highest BCUT2D eigenvalue weighted by Crippen LogP contribution is 2.40. The fraction of sp³-hybridized carbons (Fsp3) is 0.240. The molecule has 8 heteroatoms. The fourth-order valence-corrected chi connectivity index (χ4v) is 4.70. The average molecular weight is 464 g/mol. The monoisotopic (exact) mass is 463 g/mol. The molecule has 1 aliphatic heterocycles. The van der Waals surface area contributed by atoms with Gasteiger partial charge in [-0.25, -0.2) is 4.98 Å². The van der Waals surface area contributed by atoms with E-state index < -0.39 is 0 Å². The largest absolute Gasteiger partial charge is 0.497 e. The maximum Gasteiger partial charge on any atom is 0.261 e. The van der Waals surface area contributed by atoms with Gasteiger partial charge in [0.2, 0.25) is 5.91 Å². The van der Waals surface area contributed by atoms with Crippen molar-refractivity contribution in [2.45, 2.75) is 29.3 Å². The van der Waals surface area contributed by atoms with E-state index >= 15 is 0 Å². The summed E-state index contributed by atoms with van der Waals surface area (Å²) < 4.78 is 10.6. The van der Waals surface area contributed by atoms with E-state index in [1.165, 1.54) is 11.8 Å². The van der Waals surface area contributed by atoms with E-state index in [0.717, 1.165) is 16.1 Å². The van der Waals surface area contributed by atoms with Crippen LogP contribution < -0.4 is 19.7 Å². The summed E-state index contributed by atoms with van der Waals surface area (Å²) in [7, 11) is 3.19. The van der Waals surface area contributed by atoms with Crippen LogP contribution >= 0.6 is 11.8 Å². The Kier molecular flexibility index (Phi) is 7.14. The van der Waals surface area contributed by atoms with E-state index in [-0.39, 0.29) is 11.8 Å². The highest BCUT2D eigenvalue weighted by atomic mass is 32.2. The van der Waals surface area contributed by atoms with Gasteiger partial charge in [0, 0.05) is 36.2 Å². The zero-order valence-electron chi connectivity index (χ0n) is 18.5. The van der Waals surface area contributed by atoms with Gasteiger partial charge in [0.05, 0.1) is 25.5 Å². The van der Waals surface area contributed by atoms with Crippen molar-refractivity contribution in [2.24, 2.45) is 0 Å². The summed E-state index contributed by atoms with van der Waals surface area (Å²) >= 11 is 1.49. The van der Waals surface area contributed by atoms with E-state index in [2.05, 4.69) is 10.3 Å². The van der Waals surface area contributed by atoms with E-state index in [1.54, 1.807) is 37.4 Å². The molecule has 1 aromatic heterocycles. The summed E-state index contributed by atoms with van der Waals surface area (Å²) in [6.07, 6.45) is 2.52. The second-order valence-electron chi connectivity index (χ2n) is 7.44. The molecule has 7 nitrogen and oxygen atoms in total. The molecule has 33 heavy (non-hydrogen) atoms. The van der Waals surface area contributed by atoms with Gasteiger partial charge < -0.3 is 19.7 Å². The van der Waals surface area contributed by atoms with Crippen LogP contribution in [0.4, 0.5) is 5.69 Å². The number of hydrogen-bond donors (Lipinski definition) is 1. The molecule has 2 heterocycles. The number of benzene rings is 2. The lowest BCUT2D eigenvalue weighted by Gasteiger charge is -2.22. The molecule has 0 spiro atoms. The Labute approximate surface area is 197 Å². The molecular weight excluding hydrogens is 438 g/mol. The van der Waals surface area contributed by atoms with Gasteiger partial charge in [-0.1, -0.05) is 23.9 Å². The highest BCUT2D eigenvalue weighted by molar-refractivity contribution is 7.99. The minimum atomic E-state index is -0.0999. The lowest BCUT2D eigenvalue weighted by Crippen LogP contribution is -2.33. The summed E-state index contributed by atoms with van der Waals surface area (Å²) in [4.78, 5) is 32.9. The Morgan fingerprint density at radius 2 is 1.94 bits per heavy atom. The van der Waals surface area contributed by atoms with Crippen LogP contribution in [0.3, 0.4) is 0 Å². The van der Waals surface area contributed by atoms with Crippen LogP contribution in [0.1, 0.15) is 28.8 Å². The number of para-hydroxylation sites is 1. The van der Waals surface area contributed by atoms with E-state index in [0.29, 0.717) is 48.0 Å². The molecule has 0 saturated heterocycles. The number of methoxy groups -OCH3 is 2. The predicted molar refractivity (Wildman–Crippen MR) is 127 cm³/mol. The molecule has 4 rings (SSSR count). The Morgan fingerprint density at radius 3 is 2.76 bits per heavy atom. The Bertz CT molecular complexity index is 1170. The first-order valence-electron chi connectivity index (χ1n) is 10.6. The van der Waals surface area contributed by atoms with Gasteiger partial charge in [-0.3, -0.25) is 9.59 Å². The average Bonchev–Trinajstić information content (AvgIpc) is 2.97. The molecule has 0 aliphatic carbocycles. The fourth-order valence-electron chi connectivity index (χ4n) is 3.68. The first-order chi connectivity index (χ1) is 16.1. The second-order valence-corrected chi connectivity index (χ2v) is 8.47. The van der Waals surface area contributed by atoms with Crippen LogP contribution in [0, 0.1) is 0 Å². The SMILES string of the molecule is COc1ccc(OC)c(CNC(=O)CCCN2C(=O)c3cccnc3Sc3ccccc32)c1. The van der Waals surface area contributed by atoms with Gasteiger partial charge in [-0.05, 0) is 48.9 Å². The third-order valence-corrected chi connectivity index (χ3v) is 6.44. The van der Waals surface area contributed by atoms with E-state index in [4.69, 9.17) is 9.47 Å². The molecule has 1 aliphatic rings. The Balaban J connectivity index is 1.40. The van der Waals surface area contributed by atoms with Crippen molar-refractivity contribution < 1.29 is 19.1 Å². The Hall–Kier alpha value is -3.52. The molecule has 0 atom stereocenters. The van der Waals surface area contributed by atoms with Crippen molar-refractivity contribution in [3.63, 3.8) is 0 Å². The molecule has 0 fully saturated rings. The number of nitrogens with zero attached hydrogens (tertiary/aromatic N) is 2. The first kappa shape index (κ1) is 22.7. The number of fused-ring (bicyclic) bond motifs is 2. The third-order valence-electron chi connectivity index (χ3n) is 5.36. The number of ether oxygens (including phenoxy) is 2. The summed E-state index contributed by atoms with van der Waals surface area (Å²) in [5.41, 5.74) is 2.25. The van der Waals surface area contributed by atoms with Gasteiger partial charge >= 0.3 is 0 Å². The quantitative estimate of drug-likeness (QED) is 0.536. The molecule has 2 aromatic carbocycles. The maximum atomic E-state index is 13.3. The number of pyridine rings is 1. The van der Waals surface area contributed by atoms with Gasteiger partial charge in [0.25, 0.3) is 5.91 Å². The van der Waals surface area contributed by atoms with Crippen LogP contribution in [-0.4, -0.2) is 37.6 Å². The maximum absolute atomic E-state index is 13.3. The number of rotatable bonds is 8. The number of carbonyl (C=O) groups is 2. The lowest BCUT2D eigenvalue weighted by molar-refractivity contribution is -0.121. The summed E-state index contributed by atoms with van der Waals surface area (Å²) in [6, 6.07) is 16.8. The topological polar surface area (TPSA) is 80.8 Å². The standard InChI is InChI=1S/C25H25N3O4S/c1-31-18-11-12-21(32-2)17(15-18)16-27-23(29)10-6-14-28-20-8-3-4-9-22(20)33-24-19(25(28)30)7-5-13-26-24/h3-5,7-9,11-13,15H,6,10,14,16H2,1-2H3,(H,27,29). The third kappa shape index (κ3) is 5.12. The van der Waals surface area contributed by atoms with Crippen molar-refractivity contribution in [3.8, 4) is 11.5 Å². The van der Waals surface area contributed by atoms with E-state index in [9.17, 15) is 9.59 Å². The molecule has 0 bridgehead atoms. The van der Waals surface area contributed by atoms with Crippen molar-refractivity contribution in [1.29, 1.82) is 0 Å². The zero-order valence-corrected chi connectivity index (χ0v) is 19.4. The first-order valence-corrected chi connectivity index (χ1v) is 11.4.